The molecular weight excluding hydrogens is 184 g/mol. The van der Waals surface area contributed by atoms with Crippen molar-refractivity contribution >= 4 is 0 Å². The van der Waals surface area contributed by atoms with Gasteiger partial charge in [0.15, 0.2) is 0 Å². The van der Waals surface area contributed by atoms with Gasteiger partial charge in [0.05, 0.1) is 6.04 Å². The molecule has 0 spiro atoms. The van der Waals surface area contributed by atoms with Gasteiger partial charge in [0, 0.05) is 0 Å². The van der Waals surface area contributed by atoms with Gasteiger partial charge in [0.1, 0.15) is 0 Å². The molecule has 3 heteroatoms. The summed E-state index contributed by atoms with van der Waals surface area (Å²) >= 11 is 0. The highest BCUT2D eigenvalue weighted by Crippen LogP contribution is 2.23. The van der Waals surface area contributed by atoms with E-state index in [1.807, 2.05) is 13.0 Å². The molecule has 1 aliphatic rings. The van der Waals surface area contributed by atoms with Crippen LogP contribution >= 0.6 is 0 Å². The first kappa shape index (κ1) is 11.6. The van der Waals surface area contributed by atoms with Crippen molar-refractivity contribution in [3.05, 3.63) is 11.6 Å². The van der Waals surface area contributed by atoms with Gasteiger partial charge in [-0.05, 0) is 38.6 Å². The lowest BCUT2D eigenvalue weighted by atomic mass is 9.94. The highest BCUT2D eigenvalue weighted by Gasteiger charge is 2.24. The molecule has 0 saturated heterocycles. The van der Waals surface area contributed by atoms with Crippen LogP contribution in [0.3, 0.4) is 0 Å². The van der Waals surface area contributed by atoms with Crippen molar-refractivity contribution in [2.24, 2.45) is 0 Å². The number of nitrogens with one attached hydrogen (secondary N) is 1. The van der Waals surface area contributed by atoms with Crippen molar-refractivity contribution in [1.82, 2.24) is 5.32 Å². The lowest BCUT2D eigenvalue weighted by Gasteiger charge is -2.23. The van der Waals surface area contributed by atoms with E-state index in [4.69, 9.17) is 0 Å². The summed E-state index contributed by atoms with van der Waals surface area (Å²) in [6.45, 7) is 2.66. The van der Waals surface area contributed by atoms with Gasteiger partial charge in [-0.2, -0.15) is 0 Å². The molecule has 0 saturated carbocycles. The minimum atomic E-state index is -2.27. The molecule has 0 aliphatic heterocycles. The molecule has 1 nitrogen and oxygen atoms in total. The predicted molar refractivity (Wildman–Crippen MR) is 54.6 cm³/mol. The van der Waals surface area contributed by atoms with Crippen LogP contribution in [0.2, 0.25) is 0 Å². The normalized spacial score (nSPS) is 19.6. The SMILES string of the molecule is CCCNC(C1=CCCCC1)C(F)F. The molecule has 1 rings (SSSR count). The van der Waals surface area contributed by atoms with Crippen LogP contribution < -0.4 is 5.32 Å². The summed E-state index contributed by atoms with van der Waals surface area (Å²) in [5, 5.41) is 2.92. The zero-order chi connectivity index (χ0) is 10.4. The molecule has 0 heterocycles. The molecule has 1 N–H and O–H groups in total. The first-order valence-corrected chi connectivity index (χ1v) is 5.46. The molecule has 82 valence electrons. The van der Waals surface area contributed by atoms with Crippen molar-refractivity contribution in [2.75, 3.05) is 6.54 Å². The molecular formula is C11H19F2N. The number of halogens is 2. The average molecular weight is 203 g/mol. The molecule has 0 bridgehead atoms. The van der Waals surface area contributed by atoms with Crippen LogP contribution in [-0.4, -0.2) is 19.0 Å². The van der Waals surface area contributed by atoms with E-state index in [1.54, 1.807) is 0 Å². The van der Waals surface area contributed by atoms with Crippen molar-refractivity contribution < 1.29 is 8.78 Å². The molecule has 0 aromatic carbocycles. The van der Waals surface area contributed by atoms with Gasteiger partial charge in [0.25, 0.3) is 6.43 Å². The third kappa shape index (κ3) is 3.37. The number of hydrogen-bond acceptors (Lipinski definition) is 1. The van der Waals surface area contributed by atoms with Crippen LogP contribution in [0.15, 0.2) is 11.6 Å². The molecule has 14 heavy (non-hydrogen) atoms. The number of hydrogen-bond donors (Lipinski definition) is 1. The Bertz CT molecular complexity index is 190. The fourth-order valence-electron chi connectivity index (χ4n) is 1.83. The predicted octanol–water partition coefficient (Wildman–Crippen LogP) is 3.12. The number of alkyl halides is 2. The molecule has 0 amide bonds. The summed E-state index contributed by atoms with van der Waals surface area (Å²) < 4.78 is 25.4. The molecule has 0 fully saturated rings. The monoisotopic (exact) mass is 203 g/mol. The Labute approximate surface area is 84.6 Å². The largest absolute Gasteiger partial charge is 0.306 e. The Hall–Kier alpha value is -0.440. The van der Waals surface area contributed by atoms with E-state index in [2.05, 4.69) is 5.32 Å². The van der Waals surface area contributed by atoms with E-state index < -0.39 is 12.5 Å². The Balaban J connectivity index is 2.52. The van der Waals surface area contributed by atoms with Gasteiger partial charge in [-0.1, -0.05) is 18.6 Å². The topological polar surface area (TPSA) is 12.0 Å². The van der Waals surface area contributed by atoms with Crippen molar-refractivity contribution in [3.8, 4) is 0 Å². The summed E-state index contributed by atoms with van der Waals surface area (Å²) in [7, 11) is 0. The highest BCUT2D eigenvalue weighted by atomic mass is 19.3. The van der Waals surface area contributed by atoms with E-state index in [9.17, 15) is 8.78 Å². The molecule has 0 radical (unpaired) electrons. The Morgan fingerprint density at radius 3 is 2.71 bits per heavy atom. The molecule has 0 aromatic heterocycles. The van der Waals surface area contributed by atoms with Crippen LogP contribution in [-0.2, 0) is 0 Å². The van der Waals surface area contributed by atoms with E-state index in [1.165, 1.54) is 0 Å². The summed E-state index contributed by atoms with van der Waals surface area (Å²) in [4.78, 5) is 0. The smallest absolute Gasteiger partial charge is 0.257 e. The molecule has 0 aromatic rings. The van der Waals surface area contributed by atoms with Gasteiger partial charge < -0.3 is 5.32 Å². The van der Waals surface area contributed by atoms with E-state index in [-0.39, 0.29) is 0 Å². The fourth-order valence-corrected chi connectivity index (χ4v) is 1.83. The van der Waals surface area contributed by atoms with Crippen molar-refractivity contribution in [1.29, 1.82) is 0 Å². The number of allylic oxidation sites excluding steroid dienone is 1. The summed E-state index contributed by atoms with van der Waals surface area (Å²) in [6.07, 6.45) is 4.62. The second-order valence-electron chi connectivity index (χ2n) is 3.79. The van der Waals surface area contributed by atoms with Crippen LogP contribution in [0.25, 0.3) is 0 Å². The third-order valence-electron chi connectivity index (χ3n) is 2.59. The maximum atomic E-state index is 12.7. The first-order valence-electron chi connectivity index (χ1n) is 5.46. The van der Waals surface area contributed by atoms with E-state index >= 15 is 0 Å². The van der Waals surface area contributed by atoms with Crippen LogP contribution in [0.5, 0.6) is 0 Å². The first-order chi connectivity index (χ1) is 6.75. The Kier molecular flexibility index (Phi) is 5.09. The minimum absolute atomic E-state index is 0.673. The van der Waals surface area contributed by atoms with Gasteiger partial charge >= 0.3 is 0 Å². The second kappa shape index (κ2) is 6.12. The second-order valence-corrected chi connectivity index (χ2v) is 3.79. The maximum absolute atomic E-state index is 12.7. The molecule has 1 unspecified atom stereocenters. The fraction of sp³-hybridized carbons (Fsp3) is 0.818. The zero-order valence-corrected chi connectivity index (χ0v) is 8.73. The van der Waals surface area contributed by atoms with Crippen LogP contribution in [0.4, 0.5) is 8.78 Å². The van der Waals surface area contributed by atoms with Crippen LogP contribution in [0, 0.1) is 0 Å². The summed E-state index contributed by atoms with van der Waals surface area (Å²) in [5.74, 6) is 0. The quantitative estimate of drug-likeness (QED) is 0.677. The average Bonchev–Trinajstić information content (AvgIpc) is 2.19. The maximum Gasteiger partial charge on any atom is 0.257 e. The van der Waals surface area contributed by atoms with Crippen molar-refractivity contribution in [3.63, 3.8) is 0 Å². The standard InChI is InChI=1S/C11H19F2N/c1-2-8-14-10(11(12)13)9-6-4-3-5-7-9/h6,10-11,14H,2-5,7-8H2,1H3. The lowest BCUT2D eigenvalue weighted by Crippen LogP contribution is -2.38. The Morgan fingerprint density at radius 1 is 1.43 bits per heavy atom. The molecule has 1 aliphatic carbocycles. The van der Waals surface area contributed by atoms with E-state index in [0.717, 1.165) is 37.7 Å². The zero-order valence-electron chi connectivity index (χ0n) is 8.73. The Morgan fingerprint density at radius 2 is 2.21 bits per heavy atom. The van der Waals surface area contributed by atoms with Gasteiger partial charge in [-0.25, -0.2) is 8.78 Å². The highest BCUT2D eigenvalue weighted by molar-refractivity contribution is 5.14. The minimum Gasteiger partial charge on any atom is -0.306 e. The van der Waals surface area contributed by atoms with Gasteiger partial charge in [-0.15, -0.1) is 0 Å². The van der Waals surface area contributed by atoms with Gasteiger partial charge in [-0.3, -0.25) is 0 Å². The lowest BCUT2D eigenvalue weighted by molar-refractivity contribution is 0.111. The summed E-state index contributed by atoms with van der Waals surface area (Å²) in [5.41, 5.74) is 0.916. The summed E-state index contributed by atoms with van der Waals surface area (Å²) in [6, 6.07) is -0.699. The van der Waals surface area contributed by atoms with Gasteiger partial charge in [0.2, 0.25) is 0 Å². The third-order valence-corrected chi connectivity index (χ3v) is 2.59. The molecule has 1 atom stereocenters. The van der Waals surface area contributed by atoms with Crippen LogP contribution in [0.1, 0.15) is 39.0 Å². The van der Waals surface area contributed by atoms with Crippen molar-refractivity contribution in [2.45, 2.75) is 51.5 Å². The number of rotatable bonds is 5. The van der Waals surface area contributed by atoms with E-state index in [0.29, 0.717) is 6.54 Å².